The van der Waals surface area contributed by atoms with E-state index in [1.807, 2.05) is 13.8 Å². The molecule has 0 unspecified atom stereocenters. The van der Waals surface area contributed by atoms with Crippen LogP contribution in [-0.2, 0) is 9.59 Å². The molecule has 1 aromatic rings. The van der Waals surface area contributed by atoms with Crippen molar-refractivity contribution in [1.82, 2.24) is 10.2 Å². The van der Waals surface area contributed by atoms with Gasteiger partial charge in [-0.25, -0.2) is 0 Å². The lowest BCUT2D eigenvalue weighted by Gasteiger charge is -2.22. The third-order valence-electron chi connectivity index (χ3n) is 3.30. The highest BCUT2D eigenvalue weighted by Crippen LogP contribution is 2.32. The highest BCUT2D eigenvalue weighted by Gasteiger charge is 2.20. The maximum absolute atomic E-state index is 12.1. The van der Waals surface area contributed by atoms with Crippen LogP contribution in [0.25, 0.3) is 0 Å². The molecule has 130 valence electrons. The molecule has 0 saturated carbocycles. The predicted octanol–water partition coefficient (Wildman–Crippen LogP) is 0.714. The summed E-state index contributed by atoms with van der Waals surface area (Å²) in [5.74, 6) is -0.820. The Labute approximate surface area is 139 Å². The fourth-order valence-corrected chi connectivity index (χ4v) is 2.27. The van der Waals surface area contributed by atoms with Gasteiger partial charge in [-0.05, 0) is 24.1 Å². The number of carbonyl (C=O) groups excluding carboxylic acids is 2. The van der Waals surface area contributed by atoms with E-state index in [1.54, 1.807) is 12.1 Å². The van der Waals surface area contributed by atoms with Crippen molar-refractivity contribution in [2.75, 3.05) is 26.4 Å². The number of carboxylic acid groups (broad SMARTS) is 1. The third kappa shape index (κ3) is 4.61. The summed E-state index contributed by atoms with van der Waals surface area (Å²) in [7, 11) is 0. The SMILES string of the molecule is CC(C)CN(CC(=O)O)C(=O)CNC(=O)c1ccc2c(c1)OCO2. The molecule has 1 heterocycles. The molecule has 24 heavy (non-hydrogen) atoms. The van der Waals surface area contributed by atoms with Crippen LogP contribution < -0.4 is 14.8 Å². The van der Waals surface area contributed by atoms with Crippen molar-refractivity contribution in [3.63, 3.8) is 0 Å². The van der Waals surface area contributed by atoms with E-state index in [0.29, 0.717) is 23.6 Å². The number of aliphatic carboxylic acids is 1. The molecule has 2 rings (SSSR count). The van der Waals surface area contributed by atoms with Crippen LogP contribution in [0.4, 0.5) is 0 Å². The molecule has 0 saturated heterocycles. The number of amides is 2. The van der Waals surface area contributed by atoms with Gasteiger partial charge in [-0.15, -0.1) is 0 Å². The van der Waals surface area contributed by atoms with E-state index in [9.17, 15) is 14.4 Å². The van der Waals surface area contributed by atoms with Gasteiger partial charge in [0.1, 0.15) is 6.54 Å². The van der Waals surface area contributed by atoms with E-state index in [1.165, 1.54) is 11.0 Å². The van der Waals surface area contributed by atoms with Crippen molar-refractivity contribution in [3.05, 3.63) is 23.8 Å². The molecule has 0 aromatic heterocycles. The number of rotatable bonds is 7. The van der Waals surface area contributed by atoms with Crippen molar-refractivity contribution < 1.29 is 29.0 Å². The fourth-order valence-electron chi connectivity index (χ4n) is 2.27. The summed E-state index contributed by atoms with van der Waals surface area (Å²) >= 11 is 0. The standard InChI is InChI=1S/C16H20N2O6/c1-10(2)7-18(8-15(20)21)14(19)6-17-16(22)11-3-4-12-13(5-11)24-9-23-12/h3-5,10H,6-9H2,1-2H3,(H,17,22)(H,20,21). The maximum Gasteiger partial charge on any atom is 0.323 e. The van der Waals surface area contributed by atoms with Crippen LogP contribution >= 0.6 is 0 Å². The molecule has 0 aliphatic carbocycles. The Bertz CT molecular complexity index is 643. The number of benzene rings is 1. The minimum atomic E-state index is -1.09. The van der Waals surface area contributed by atoms with Gasteiger partial charge in [0.25, 0.3) is 5.91 Å². The van der Waals surface area contributed by atoms with Gasteiger partial charge >= 0.3 is 5.97 Å². The Kier molecular flexibility index (Phi) is 5.62. The maximum atomic E-state index is 12.1. The average Bonchev–Trinajstić information content (AvgIpc) is 2.98. The van der Waals surface area contributed by atoms with Crippen molar-refractivity contribution in [3.8, 4) is 11.5 Å². The quantitative estimate of drug-likeness (QED) is 0.760. The minimum Gasteiger partial charge on any atom is -0.480 e. The number of nitrogens with zero attached hydrogens (tertiary/aromatic N) is 1. The van der Waals surface area contributed by atoms with Gasteiger partial charge < -0.3 is 24.8 Å². The van der Waals surface area contributed by atoms with Gasteiger partial charge in [-0.1, -0.05) is 13.8 Å². The lowest BCUT2D eigenvalue weighted by Crippen LogP contribution is -2.44. The molecule has 1 aliphatic heterocycles. The van der Waals surface area contributed by atoms with Crippen molar-refractivity contribution in [2.24, 2.45) is 5.92 Å². The van der Waals surface area contributed by atoms with Crippen LogP contribution in [0, 0.1) is 5.92 Å². The lowest BCUT2D eigenvalue weighted by atomic mass is 10.2. The number of fused-ring (bicyclic) bond motifs is 1. The average molecular weight is 336 g/mol. The number of nitrogens with one attached hydrogen (secondary N) is 1. The van der Waals surface area contributed by atoms with Gasteiger partial charge in [-0.2, -0.15) is 0 Å². The first kappa shape index (κ1) is 17.6. The van der Waals surface area contributed by atoms with Gasteiger partial charge in [0.2, 0.25) is 12.7 Å². The number of carboxylic acids is 1. The number of carbonyl (C=O) groups is 3. The summed E-state index contributed by atoms with van der Waals surface area (Å²) in [6, 6.07) is 4.72. The number of ether oxygens (including phenoxy) is 2. The second kappa shape index (κ2) is 7.67. The molecule has 1 aliphatic rings. The predicted molar refractivity (Wildman–Crippen MR) is 84.0 cm³/mol. The molecule has 0 bridgehead atoms. The topological polar surface area (TPSA) is 105 Å². The lowest BCUT2D eigenvalue weighted by molar-refractivity contribution is -0.144. The van der Waals surface area contributed by atoms with Crippen LogP contribution in [0.2, 0.25) is 0 Å². The molecular formula is C16H20N2O6. The van der Waals surface area contributed by atoms with E-state index in [2.05, 4.69) is 5.32 Å². The number of hydrogen-bond acceptors (Lipinski definition) is 5. The van der Waals surface area contributed by atoms with Crippen LogP contribution in [0.15, 0.2) is 18.2 Å². The van der Waals surface area contributed by atoms with E-state index < -0.39 is 24.3 Å². The molecule has 0 spiro atoms. The van der Waals surface area contributed by atoms with Crippen molar-refractivity contribution in [2.45, 2.75) is 13.8 Å². The molecule has 1 aromatic carbocycles. The largest absolute Gasteiger partial charge is 0.480 e. The molecule has 0 atom stereocenters. The van der Waals surface area contributed by atoms with Gasteiger partial charge in [0.05, 0.1) is 6.54 Å². The van der Waals surface area contributed by atoms with Gasteiger partial charge in [0, 0.05) is 12.1 Å². The Balaban J connectivity index is 1.94. The summed E-state index contributed by atoms with van der Waals surface area (Å²) in [5, 5.41) is 11.4. The first-order valence-electron chi connectivity index (χ1n) is 7.54. The van der Waals surface area contributed by atoms with E-state index in [-0.39, 0.29) is 19.3 Å². The van der Waals surface area contributed by atoms with Gasteiger partial charge in [0.15, 0.2) is 11.5 Å². The summed E-state index contributed by atoms with van der Waals surface area (Å²) in [6.07, 6.45) is 0. The fraction of sp³-hybridized carbons (Fsp3) is 0.438. The molecule has 8 nitrogen and oxygen atoms in total. The van der Waals surface area contributed by atoms with Gasteiger partial charge in [-0.3, -0.25) is 14.4 Å². The van der Waals surface area contributed by atoms with E-state index in [4.69, 9.17) is 14.6 Å². The highest BCUT2D eigenvalue weighted by atomic mass is 16.7. The third-order valence-corrected chi connectivity index (χ3v) is 3.30. The zero-order valence-corrected chi connectivity index (χ0v) is 13.6. The molecular weight excluding hydrogens is 316 g/mol. The summed E-state index contributed by atoms with van der Waals surface area (Å²) in [4.78, 5) is 36.3. The summed E-state index contributed by atoms with van der Waals surface area (Å²) in [5.41, 5.74) is 0.334. The minimum absolute atomic E-state index is 0.109. The molecule has 2 N–H and O–H groups in total. The Hall–Kier alpha value is -2.77. The normalized spacial score (nSPS) is 12.1. The Morgan fingerprint density at radius 3 is 2.62 bits per heavy atom. The molecule has 8 heteroatoms. The number of hydrogen-bond donors (Lipinski definition) is 2. The summed E-state index contributed by atoms with van der Waals surface area (Å²) < 4.78 is 10.4. The van der Waals surface area contributed by atoms with Crippen LogP contribution in [0.5, 0.6) is 11.5 Å². The van der Waals surface area contributed by atoms with Crippen molar-refractivity contribution >= 4 is 17.8 Å². The van der Waals surface area contributed by atoms with E-state index >= 15 is 0 Å². The zero-order chi connectivity index (χ0) is 17.7. The molecule has 0 fully saturated rings. The monoisotopic (exact) mass is 336 g/mol. The van der Waals surface area contributed by atoms with Crippen LogP contribution in [0.1, 0.15) is 24.2 Å². The second-order valence-corrected chi connectivity index (χ2v) is 5.81. The Morgan fingerprint density at radius 2 is 1.96 bits per heavy atom. The second-order valence-electron chi connectivity index (χ2n) is 5.81. The molecule has 2 amide bonds. The van der Waals surface area contributed by atoms with Crippen LogP contribution in [-0.4, -0.2) is 54.2 Å². The zero-order valence-electron chi connectivity index (χ0n) is 13.6. The van der Waals surface area contributed by atoms with Crippen molar-refractivity contribution in [1.29, 1.82) is 0 Å². The highest BCUT2D eigenvalue weighted by molar-refractivity contribution is 5.97. The van der Waals surface area contributed by atoms with E-state index in [0.717, 1.165) is 0 Å². The smallest absolute Gasteiger partial charge is 0.323 e. The summed E-state index contributed by atoms with van der Waals surface area (Å²) in [6.45, 7) is 3.52. The first-order valence-corrected chi connectivity index (χ1v) is 7.54. The molecule has 0 radical (unpaired) electrons. The Morgan fingerprint density at radius 1 is 1.25 bits per heavy atom. The first-order chi connectivity index (χ1) is 11.4. The van der Waals surface area contributed by atoms with Crippen LogP contribution in [0.3, 0.4) is 0 Å².